The van der Waals surface area contributed by atoms with Crippen molar-refractivity contribution >= 4 is 11.9 Å². The summed E-state index contributed by atoms with van der Waals surface area (Å²) in [6.45, 7) is 3.58. The molecule has 1 atom stereocenters. The first-order chi connectivity index (χ1) is 11.9. The Kier molecular flexibility index (Phi) is 6.57. The smallest absolute Gasteiger partial charge is 0.308 e. The van der Waals surface area contributed by atoms with E-state index in [0.717, 1.165) is 11.1 Å². The molecule has 1 unspecified atom stereocenters. The molecule has 1 amide bonds. The monoisotopic (exact) mass is 341 g/mol. The summed E-state index contributed by atoms with van der Waals surface area (Å²) in [5, 5.41) is 12.2. The van der Waals surface area contributed by atoms with E-state index in [-0.39, 0.29) is 36.6 Å². The molecule has 0 saturated heterocycles. The molecule has 0 spiro atoms. The zero-order chi connectivity index (χ0) is 18.2. The second kappa shape index (κ2) is 8.87. The number of nitrogens with one attached hydrogen (secondary N) is 1. The Morgan fingerprint density at radius 2 is 1.68 bits per heavy atom. The van der Waals surface area contributed by atoms with Gasteiger partial charge in [-0.2, -0.15) is 0 Å². The first-order valence-electron chi connectivity index (χ1n) is 8.25. The molecule has 0 bridgehead atoms. The Morgan fingerprint density at radius 3 is 2.28 bits per heavy atom. The lowest BCUT2D eigenvalue weighted by Crippen LogP contribution is -2.32. The summed E-state index contributed by atoms with van der Waals surface area (Å²) in [4.78, 5) is 24.4. The molecule has 2 aromatic rings. The predicted molar refractivity (Wildman–Crippen MR) is 95.0 cm³/mol. The van der Waals surface area contributed by atoms with Gasteiger partial charge in [0.1, 0.15) is 5.75 Å². The SMILES string of the molecule is CC(C)OC(=O)CC(NC(=O)Cc1ccc(O)cc1)c1ccccc1. The maximum absolute atomic E-state index is 12.4. The third-order valence-electron chi connectivity index (χ3n) is 3.58. The number of phenols is 1. The molecule has 2 aromatic carbocycles. The number of rotatable bonds is 7. The average Bonchev–Trinajstić information content (AvgIpc) is 2.56. The van der Waals surface area contributed by atoms with Gasteiger partial charge in [0.2, 0.25) is 5.91 Å². The van der Waals surface area contributed by atoms with E-state index in [1.54, 1.807) is 26.0 Å². The maximum atomic E-state index is 12.4. The molecular weight excluding hydrogens is 318 g/mol. The number of hydrogen-bond acceptors (Lipinski definition) is 4. The van der Waals surface area contributed by atoms with E-state index < -0.39 is 6.04 Å². The van der Waals surface area contributed by atoms with Crippen LogP contribution in [0.2, 0.25) is 0 Å². The van der Waals surface area contributed by atoms with E-state index in [9.17, 15) is 14.7 Å². The van der Waals surface area contributed by atoms with Gasteiger partial charge in [0, 0.05) is 0 Å². The minimum atomic E-state index is -0.447. The number of carbonyl (C=O) groups is 2. The highest BCUT2D eigenvalue weighted by Crippen LogP contribution is 2.18. The summed E-state index contributed by atoms with van der Waals surface area (Å²) in [6.07, 6.45) is 0.0448. The molecule has 0 aromatic heterocycles. The van der Waals surface area contributed by atoms with Crippen LogP contribution in [0, 0.1) is 0 Å². The molecule has 2 N–H and O–H groups in total. The normalized spacial score (nSPS) is 11.8. The van der Waals surface area contributed by atoms with E-state index in [0.29, 0.717) is 0 Å². The van der Waals surface area contributed by atoms with Crippen LogP contribution in [0.4, 0.5) is 0 Å². The van der Waals surface area contributed by atoms with Crippen molar-refractivity contribution in [2.75, 3.05) is 0 Å². The standard InChI is InChI=1S/C20H23NO4/c1-14(2)25-20(24)13-18(16-6-4-3-5-7-16)21-19(23)12-15-8-10-17(22)11-9-15/h3-11,14,18,22H,12-13H2,1-2H3,(H,21,23). The van der Waals surface area contributed by atoms with Crippen LogP contribution in [0.15, 0.2) is 54.6 Å². The van der Waals surface area contributed by atoms with Crippen molar-refractivity contribution in [2.24, 2.45) is 0 Å². The second-order valence-corrected chi connectivity index (χ2v) is 6.12. The van der Waals surface area contributed by atoms with Gasteiger partial charge in [-0.05, 0) is 37.1 Å². The van der Waals surface area contributed by atoms with Crippen LogP contribution in [0.3, 0.4) is 0 Å². The van der Waals surface area contributed by atoms with Gasteiger partial charge in [-0.1, -0.05) is 42.5 Å². The van der Waals surface area contributed by atoms with Gasteiger partial charge in [0.15, 0.2) is 0 Å². The number of hydrogen-bond donors (Lipinski definition) is 2. The zero-order valence-corrected chi connectivity index (χ0v) is 14.4. The summed E-state index contributed by atoms with van der Waals surface area (Å²) in [5.74, 6) is -0.395. The van der Waals surface area contributed by atoms with Crippen molar-refractivity contribution in [3.05, 3.63) is 65.7 Å². The lowest BCUT2D eigenvalue weighted by atomic mass is 10.0. The highest BCUT2D eigenvalue weighted by molar-refractivity contribution is 5.80. The van der Waals surface area contributed by atoms with Crippen LogP contribution >= 0.6 is 0 Å². The molecular formula is C20H23NO4. The highest BCUT2D eigenvalue weighted by Gasteiger charge is 2.20. The van der Waals surface area contributed by atoms with Gasteiger partial charge in [0.25, 0.3) is 0 Å². The first-order valence-corrected chi connectivity index (χ1v) is 8.25. The topological polar surface area (TPSA) is 75.6 Å². The largest absolute Gasteiger partial charge is 0.508 e. The van der Waals surface area contributed by atoms with Crippen molar-refractivity contribution in [1.29, 1.82) is 0 Å². The Labute approximate surface area is 147 Å². The van der Waals surface area contributed by atoms with Gasteiger partial charge in [-0.15, -0.1) is 0 Å². The van der Waals surface area contributed by atoms with E-state index in [1.165, 1.54) is 12.1 Å². The minimum Gasteiger partial charge on any atom is -0.508 e. The zero-order valence-electron chi connectivity index (χ0n) is 14.4. The Bertz CT molecular complexity index is 695. The van der Waals surface area contributed by atoms with Gasteiger partial charge >= 0.3 is 5.97 Å². The van der Waals surface area contributed by atoms with Gasteiger partial charge in [0.05, 0.1) is 25.0 Å². The summed E-state index contributed by atoms with van der Waals surface area (Å²) in [6, 6.07) is 15.4. The molecule has 0 heterocycles. The molecule has 0 aliphatic heterocycles. The summed E-state index contributed by atoms with van der Waals surface area (Å²) in [5.41, 5.74) is 1.63. The maximum Gasteiger partial charge on any atom is 0.308 e. The van der Waals surface area contributed by atoms with Gasteiger partial charge in [-0.3, -0.25) is 9.59 Å². The number of phenolic OH excluding ortho intramolecular Hbond substituents is 1. The Morgan fingerprint density at radius 1 is 1.04 bits per heavy atom. The van der Waals surface area contributed by atoms with Crippen LogP contribution in [0.25, 0.3) is 0 Å². The minimum absolute atomic E-state index is 0.0729. The van der Waals surface area contributed by atoms with E-state index in [1.807, 2.05) is 30.3 Å². The fourth-order valence-corrected chi connectivity index (χ4v) is 2.46. The number of benzene rings is 2. The molecule has 0 aliphatic rings. The van der Waals surface area contributed by atoms with E-state index in [2.05, 4.69) is 5.32 Å². The number of ether oxygens (including phenoxy) is 1. The number of amides is 1. The number of aromatic hydroxyl groups is 1. The quantitative estimate of drug-likeness (QED) is 0.759. The molecule has 2 rings (SSSR count). The highest BCUT2D eigenvalue weighted by atomic mass is 16.5. The fraction of sp³-hybridized carbons (Fsp3) is 0.300. The predicted octanol–water partition coefficient (Wildman–Crippen LogP) is 3.13. The van der Waals surface area contributed by atoms with Crippen molar-refractivity contribution in [2.45, 2.75) is 38.8 Å². The van der Waals surface area contributed by atoms with Crippen molar-refractivity contribution in [3.8, 4) is 5.75 Å². The van der Waals surface area contributed by atoms with Crippen LogP contribution < -0.4 is 5.32 Å². The van der Waals surface area contributed by atoms with Crippen molar-refractivity contribution < 1.29 is 19.4 Å². The molecule has 0 fully saturated rings. The van der Waals surface area contributed by atoms with Gasteiger partial charge in [-0.25, -0.2) is 0 Å². The van der Waals surface area contributed by atoms with E-state index in [4.69, 9.17) is 4.74 Å². The molecule has 5 heteroatoms. The average molecular weight is 341 g/mol. The molecule has 132 valence electrons. The third-order valence-corrected chi connectivity index (χ3v) is 3.58. The summed E-state index contributed by atoms with van der Waals surface area (Å²) >= 11 is 0. The lowest BCUT2D eigenvalue weighted by Gasteiger charge is -2.19. The van der Waals surface area contributed by atoms with Crippen LogP contribution in [0.1, 0.15) is 37.4 Å². The van der Waals surface area contributed by atoms with E-state index >= 15 is 0 Å². The summed E-state index contributed by atoms with van der Waals surface area (Å²) in [7, 11) is 0. The third kappa shape index (κ3) is 6.30. The lowest BCUT2D eigenvalue weighted by molar-refractivity contribution is -0.148. The molecule has 25 heavy (non-hydrogen) atoms. The Balaban J connectivity index is 2.05. The van der Waals surface area contributed by atoms with Crippen LogP contribution in [-0.2, 0) is 20.7 Å². The molecule has 0 radical (unpaired) electrons. The van der Waals surface area contributed by atoms with Crippen LogP contribution in [-0.4, -0.2) is 23.1 Å². The summed E-state index contributed by atoms with van der Waals surface area (Å²) < 4.78 is 5.20. The second-order valence-electron chi connectivity index (χ2n) is 6.12. The fourth-order valence-electron chi connectivity index (χ4n) is 2.46. The van der Waals surface area contributed by atoms with Crippen molar-refractivity contribution in [3.63, 3.8) is 0 Å². The van der Waals surface area contributed by atoms with Crippen molar-refractivity contribution in [1.82, 2.24) is 5.32 Å². The number of esters is 1. The van der Waals surface area contributed by atoms with Crippen LogP contribution in [0.5, 0.6) is 5.75 Å². The van der Waals surface area contributed by atoms with Gasteiger partial charge < -0.3 is 15.2 Å². The Hall–Kier alpha value is -2.82. The number of carbonyl (C=O) groups excluding carboxylic acids is 2. The molecule has 0 aliphatic carbocycles. The first kappa shape index (κ1) is 18.5. The molecule has 5 nitrogen and oxygen atoms in total. The molecule has 0 saturated carbocycles.